The number of nitrogens with zero attached hydrogens (tertiary/aromatic N) is 3. The van der Waals surface area contributed by atoms with Gasteiger partial charge >= 0.3 is 0 Å². The molecular formula is C22H26Cl2N3O3S-. The molecule has 168 valence electrons. The molecule has 2 fully saturated rings. The zero-order valence-corrected chi connectivity index (χ0v) is 19.5. The molecule has 2 aromatic carbocycles. The molecule has 0 aliphatic carbocycles. The standard InChI is InChI=1S/C22H26ClN3O3S.ClH/c23-20-9-8-19(16-21(20)30(28,29)26-10-4-5-11-26)22(27)25-14-12-24(13-15-25)17-18-6-2-1-3-7-18;/h1-3,6-9,16H,4-5,10-15,17H2;1H/p-1. The molecule has 2 aromatic rings. The third-order valence-electron chi connectivity index (χ3n) is 5.77. The molecule has 0 spiro atoms. The van der Waals surface area contributed by atoms with Crippen LogP contribution in [0.25, 0.3) is 0 Å². The van der Waals surface area contributed by atoms with Crippen molar-refractivity contribution in [1.29, 1.82) is 0 Å². The van der Waals surface area contributed by atoms with Crippen LogP contribution in [-0.4, -0.2) is 67.7 Å². The molecule has 0 atom stereocenters. The van der Waals surface area contributed by atoms with Gasteiger partial charge < -0.3 is 17.3 Å². The topological polar surface area (TPSA) is 60.9 Å². The van der Waals surface area contributed by atoms with Crippen molar-refractivity contribution in [3.05, 3.63) is 64.7 Å². The fourth-order valence-corrected chi connectivity index (χ4v) is 6.05. The molecule has 0 aromatic heterocycles. The SMILES string of the molecule is O=C(c1ccc(Cl)c(S(=O)(=O)N2CCCC2)c1)N1CCN(Cc2ccccc2)CC1.[Cl-]. The van der Waals surface area contributed by atoms with Gasteiger partial charge in [-0.15, -0.1) is 0 Å². The maximum Gasteiger partial charge on any atom is 0.253 e. The van der Waals surface area contributed by atoms with Crippen LogP contribution in [-0.2, 0) is 16.6 Å². The highest BCUT2D eigenvalue weighted by atomic mass is 35.5. The molecule has 0 saturated carbocycles. The monoisotopic (exact) mass is 482 g/mol. The molecule has 0 unspecified atom stereocenters. The first-order valence-electron chi connectivity index (χ1n) is 10.3. The number of hydrogen-bond donors (Lipinski definition) is 0. The summed E-state index contributed by atoms with van der Waals surface area (Å²) in [5, 5.41) is 0.158. The minimum Gasteiger partial charge on any atom is -1.00 e. The van der Waals surface area contributed by atoms with Crippen LogP contribution in [0.5, 0.6) is 0 Å². The number of piperazine rings is 1. The molecule has 0 bridgehead atoms. The molecule has 4 rings (SSSR count). The normalized spacial score (nSPS) is 18.0. The highest BCUT2D eigenvalue weighted by molar-refractivity contribution is 7.89. The fraction of sp³-hybridized carbons (Fsp3) is 0.409. The zero-order chi connectivity index (χ0) is 21.1. The van der Waals surface area contributed by atoms with Gasteiger partial charge in [-0.25, -0.2) is 8.42 Å². The Hall–Kier alpha value is -1.64. The maximum atomic E-state index is 13.0. The van der Waals surface area contributed by atoms with Gasteiger partial charge in [0.2, 0.25) is 10.0 Å². The van der Waals surface area contributed by atoms with Crippen LogP contribution in [0.3, 0.4) is 0 Å². The molecule has 0 N–H and O–H groups in total. The van der Waals surface area contributed by atoms with Crippen LogP contribution in [0.2, 0.25) is 5.02 Å². The number of benzene rings is 2. The number of halogens is 2. The highest BCUT2D eigenvalue weighted by Crippen LogP contribution is 2.28. The Morgan fingerprint density at radius 1 is 0.903 bits per heavy atom. The van der Waals surface area contributed by atoms with Crippen LogP contribution in [0.15, 0.2) is 53.4 Å². The van der Waals surface area contributed by atoms with E-state index in [1.165, 1.54) is 22.0 Å². The van der Waals surface area contributed by atoms with Crippen LogP contribution in [0.1, 0.15) is 28.8 Å². The first-order chi connectivity index (χ1) is 14.4. The number of rotatable bonds is 5. The molecule has 9 heteroatoms. The van der Waals surface area contributed by atoms with E-state index in [1.54, 1.807) is 11.0 Å². The lowest BCUT2D eigenvalue weighted by Gasteiger charge is -2.35. The minimum atomic E-state index is -3.68. The molecule has 1 amide bonds. The summed E-state index contributed by atoms with van der Waals surface area (Å²) in [7, 11) is -3.68. The Morgan fingerprint density at radius 3 is 2.19 bits per heavy atom. The molecular weight excluding hydrogens is 457 g/mol. The van der Waals surface area contributed by atoms with Crippen molar-refractivity contribution in [3.63, 3.8) is 0 Å². The average Bonchev–Trinajstić information content (AvgIpc) is 3.31. The Kier molecular flexibility index (Phi) is 7.99. The Labute approximate surface area is 195 Å². The molecule has 2 heterocycles. The van der Waals surface area contributed by atoms with Crippen LogP contribution < -0.4 is 12.4 Å². The predicted molar refractivity (Wildman–Crippen MR) is 117 cm³/mol. The summed E-state index contributed by atoms with van der Waals surface area (Å²) < 4.78 is 27.3. The summed E-state index contributed by atoms with van der Waals surface area (Å²) in [5.41, 5.74) is 1.63. The third kappa shape index (κ3) is 5.41. The second-order valence-electron chi connectivity index (χ2n) is 7.81. The van der Waals surface area contributed by atoms with Crippen LogP contribution in [0, 0.1) is 0 Å². The van der Waals surface area contributed by atoms with Crippen molar-refractivity contribution >= 4 is 27.5 Å². The van der Waals surface area contributed by atoms with Crippen molar-refractivity contribution < 1.29 is 25.6 Å². The van der Waals surface area contributed by atoms with E-state index in [0.717, 1.165) is 32.5 Å². The van der Waals surface area contributed by atoms with Gasteiger partial charge in [-0.1, -0.05) is 41.9 Å². The summed E-state index contributed by atoms with van der Waals surface area (Å²) >= 11 is 6.21. The van der Waals surface area contributed by atoms with Crippen molar-refractivity contribution in [1.82, 2.24) is 14.1 Å². The predicted octanol–water partition coefficient (Wildman–Crippen LogP) is 0.0865. The van der Waals surface area contributed by atoms with Crippen LogP contribution in [0.4, 0.5) is 0 Å². The lowest BCUT2D eigenvalue weighted by molar-refractivity contribution is -0.0000194. The lowest BCUT2D eigenvalue weighted by atomic mass is 10.1. The second kappa shape index (κ2) is 10.3. The summed E-state index contributed by atoms with van der Waals surface area (Å²) in [5.74, 6) is -0.149. The summed E-state index contributed by atoms with van der Waals surface area (Å²) in [6.45, 7) is 4.66. The molecule has 0 radical (unpaired) electrons. The molecule has 2 saturated heterocycles. The zero-order valence-electron chi connectivity index (χ0n) is 17.2. The van der Waals surface area contributed by atoms with Crippen molar-refractivity contribution in [2.75, 3.05) is 39.3 Å². The smallest absolute Gasteiger partial charge is 0.253 e. The molecule has 2 aliphatic heterocycles. The second-order valence-corrected chi connectivity index (χ2v) is 10.1. The van der Waals surface area contributed by atoms with Gasteiger partial charge in [-0.2, -0.15) is 4.31 Å². The molecule has 2 aliphatic rings. The Balaban J connectivity index is 0.00000272. The Morgan fingerprint density at radius 2 is 1.55 bits per heavy atom. The number of hydrogen-bond acceptors (Lipinski definition) is 4. The van der Waals surface area contributed by atoms with Crippen molar-refractivity contribution in [3.8, 4) is 0 Å². The van der Waals surface area contributed by atoms with E-state index in [9.17, 15) is 13.2 Å². The Bertz CT molecular complexity index is 1000. The van der Waals surface area contributed by atoms with Gasteiger partial charge in [0.05, 0.1) is 5.02 Å². The van der Waals surface area contributed by atoms with Gasteiger partial charge in [0, 0.05) is 51.4 Å². The van der Waals surface area contributed by atoms with E-state index in [0.29, 0.717) is 31.7 Å². The highest BCUT2D eigenvalue weighted by Gasteiger charge is 2.30. The summed E-state index contributed by atoms with van der Waals surface area (Å²) in [6.07, 6.45) is 1.70. The molecule has 31 heavy (non-hydrogen) atoms. The van der Waals surface area contributed by atoms with E-state index >= 15 is 0 Å². The van der Waals surface area contributed by atoms with Crippen molar-refractivity contribution in [2.24, 2.45) is 0 Å². The number of sulfonamides is 1. The number of amides is 1. The average molecular weight is 483 g/mol. The largest absolute Gasteiger partial charge is 1.00 e. The first-order valence-corrected chi connectivity index (χ1v) is 12.1. The van der Waals surface area contributed by atoms with E-state index in [-0.39, 0.29) is 28.2 Å². The van der Waals surface area contributed by atoms with E-state index in [2.05, 4.69) is 17.0 Å². The van der Waals surface area contributed by atoms with Gasteiger partial charge in [0.15, 0.2) is 0 Å². The van der Waals surface area contributed by atoms with E-state index in [1.807, 2.05) is 18.2 Å². The van der Waals surface area contributed by atoms with E-state index < -0.39 is 10.0 Å². The number of carbonyl (C=O) groups is 1. The molecule has 6 nitrogen and oxygen atoms in total. The fourth-order valence-electron chi connectivity index (χ4n) is 4.03. The van der Waals surface area contributed by atoms with Crippen LogP contribution >= 0.6 is 11.6 Å². The lowest BCUT2D eigenvalue weighted by Crippen LogP contribution is -3.00. The maximum absolute atomic E-state index is 13.0. The first kappa shape index (κ1) is 24.0. The van der Waals surface area contributed by atoms with Gasteiger partial charge in [-0.05, 0) is 36.6 Å². The summed E-state index contributed by atoms with van der Waals surface area (Å²) in [6, 6.07) is 14.8. The quantitative estimate of drug-likeness (QED) is 0.605. The van der Waals surface area contributed by atoms with Gasteiger partial charge in [-0.3, -0.25) is 9.69 Å². The van der Waals surface area contributed by atoms with Gasteiger partial charge in [0.25, 0.3) is 5.91 Å². The minimum absolute atomic E-state index is 0. The summed E-state index contributed by atoms with van der Waals surface area (Å²) in [4.78, 5) is 17.2. The number of carbonyl (C=O) groups excluding carboxylic acids is 1. The van der Waals surface area contributed by atoms with E-state index in [4.69, 9.17) is 11.6 Å². The van der Waals surface area contributed by atoms with Crippen molar-refractivity contribution in [2.45, 2.75) is 24.3 Å². The third-order valence-corrected chi connectivity index (χ3v) is 8.15. The van der Waals surface area contributed by atoms with Gasteiger partial charge in [0.1, 0.15) is 4.90 Å².